The molecule has 1 aliphatic rings. The Hall–Kier alpha value is -3.93. The van der Waals surface area contributed by atoms with Crippen LogP contribution in [0.5, 0.6) is 17.2 Å². The van der Waals surface area contributed by atoms with E-state index >= 15 is 0 Å². The summed E-state index contributed by atoms with van der Waals surface area (Å²) < 4.78 is 17.1. The van der Waals surface area contributed by atoms with Gasteiger partial charge in [0.25, 0.3) is 0 Å². The normalized spacial score (nSPS) is 12.4. The first kappa shape index (κ1) is 20.3. The second-order valence-electron chi connectivity index (χ2n) is 6.85. The summed E-state index contributed by atoms with van der Waals surface area (Å²) in [6.07, 6.45) is 1.50. The molecular weight excluding hydrogens is 394 g/mol. The molecule has 4 rings (SSSR count). The molecule has 6 nitrogen and oxygen atoms in total. The number of carboxylic acid groups (broad SMARTS) is 1. The van der Waals surface area contributed by atoms with Gasteiger partial charge in [0, 0.05) is 0 Å². The predicted molar refractivity (Wildman–Crippen MR) is 119 cm³/mol. The van der Waals surface area contributed by atoms with Gasteiger partial charge >= 0.3 is 5.97 Å². The number of rotatable bonds is 8. The topological polar surface area (TPSA) is 68.2 Å². The first-order valence-corrected chi connectivity index (χ1v) is 10.1. The van der Waals surface area contributed by atoms with E-state index in [9.17, 15) is 4.79 Å². The molecule has 1 aliphatic heterocycles. The van der Waals surface area contributed by atoms with E-state index < -0.39 is 5.97 Å². The molecule has 31 heavy (non-hydrogen) atoms. The second kappa shape index (κ2) is 9.26. The quantitative estimate of drug-likeness (QED) is 0.387. The summed E-state index contributed by atoms with van der Waals surface area (Å²) in [6, 6.07) is 23.1. The molecule has 6 heteroatoms. The van der Waals surface area contributed by atoms with Gasteiger partial charge in [0.1, 0.15) is 12.4 Å². The number of aliphatic carboxylic acids is 1. The molecule has 0 amide bonds. The summed E-state index contributed by atoms with van der Waals surface area (Å²) in [4.78, 5) is 13.4. The third-order valence-corrected chi connectivity index (χ3v) is 4.80. The minimum absolute atomic E-state index is 0.0826. The Morgan fingerprint density at radius 1 is 0.968 bits per heavy atom. The van der Waals surface area contributed by atoms with Crippen LogP contribution in [0.4, 0.5) is 11.4 Å². The van der Waals surface area contributed by atoms with Gasteiger partial charge in [0.2, 0.25) is 5.76 Å². The first-order valence-electron chi connectivity index (χ1n) is 10.1. The van der Waals surface area contributed by atoms with E-state index in [1.807, 2.05) is 60.7 Å². The maximum Gasteiger partial charge on any atom is 0.371 e. The van der Waals surface area contributed by atoms with Crippen molar-refractivity contribution in [2.24, 2.45) is 0 Å². The lowest BCUT2D eigenvalue weighted by Gasteiger charge is -2.32. The van der Waals surface area contributed by atoms with Crippen LogP contribution < -0.4 is 14.4 Å². The van der Waals surface area contributed by atoms with Crippen molar-refractivity contribution in [2.75, 3.05) is 24.7 Å². The molecule has 0 radical (unpaired) electrons. The fourth-order valence-corrected chi connectivity index (χ4v) is 3.41. The smallest absolute Gasteiger partial charge is 0.371 e. The van der Waals surface area contributed by atoms with E-state index in [1.54, 1.807) is 19.1 Å². The Bertz CT molecular complexity index is 1050. The molecule has 3 aromatic carbocycles. The van der Waals surface area contributed by atoms with Crippen molar-refractivity contribution in [1.29, 1.82) is 0 Å². The van der Waals surface area contributed by atoms with Gasteiger partial charge in [-0.1, -0.05) is 36.4 Å². The monoisotopic (exact) mass is 417 g/mol. The Labute approximate surface area is 180 Å². The number of carboxylic acids is 1. The van der Waals surface area contributed by atoms with E-state index in [-0.39, 0.29) is 5.76 Å². The highest BCUT2D eigenvalue weighted by Crippen LogP contribution is 2.45. The molecular formula is C25H23NO5. The van der Waals surface area contributed by atoms with Gasteiger partial charge in [0.15, 0.2) is 11.5 Å². The largest absolute Gasteiger partial charge is 0.492 e. The predicted octanol–water partition coefficient (Wildman–Crippen LogP) is 5.47. The third-order valence-electron chi connectivity index (χ3n) is 4.80. The highest BCUT2D eigenvalue weighted by atomic mass is 16.5. The number of carbonyl (C=O) groups is 1. The SMILES string of the molecule is CCO/C(=C/c1ccc(OCCN2c3ccccc3Oc3ccccc32)cc1)C(=O)O. The van der Waals surface area contributed by atoms with Crippen molar-refractivity contribution >= 4 is 23.4 Å². The summed E-state index contributed by atoms with van der Waals surface area (Å²) in [5.41, 5.74) is 2.74. The first-order chi connectivity index (χ1) is 15.2. The van der Waals surface area contributed by atoms with E-state index in [0.29, 0.717) is 25.5 Å². The average Bonchev–Trinajstić information content (AvgIpc) is 2.79. The van der Waals surface area contributed by atoms with Crippen molar-refractivity contribution in [3.63, 3.8) is 0 Å². The van der Waals surface area contributed by atoms with E-state index in [0.717, 1.165) is 28.4 Å². The number of hydrogen-bond acceptors (Lipinski definition) is 5. The lowest BCUT2D eigenvalue weighted by molar-refractivity contribution is -0.136. The number of benzene rings is 3. The van der Waals surface area contributed by atoms with Gasteiger partial charge in [-0.2, -0.15) is 0 Å². The highest BCUT2D eigenvalue weighted by molar-refractivity contribution is 5.89. The zero-order valence-electron chi connectivity index (χ0n) is 17.2. The molecule has 0 saturated heterocycles. The van der Waals surface area contributed by atoms with E-state index in [1.165, 1.54) is 6.08 Å². The van der Waals surface area contributed by atoms with Crippen LogP contribution in [-0.4, -0.2) is 30.8 Å². The molecule has 1 heterocycles. The number of fused-ring (bicyclic) bond motifs is 2. The molecule has 0 bridgehead atoms. The zero-order valence-corrected chi connectivity index (χ0v) is 17.2. The molecule has 0 fully saturated rings. The molecule has 0 aliphatic carbocycles. The van der Waals surface area contributed by atoms with Gasteiger partial charge < -0.3 is 24.2 Å². The van der Waals surface area contributed by atoms with E-state index in [4.69, 9.17) is 19.3 Å². The highest BCUT2D eigenvalue weighted by Gasteiger charge is 2.23. The van der Waals surface area contributed by atoms with E-state index in [2.05, 4.69) is 4.90 Å². The van der Waals surface area contributed by atoms with Crippen LogP contribution in [-0.2, 0) is 9.53 Å². The van der Waals surface area contributed by atoms with Crippen LogP contribution in [0.3, 0.4) is 0 Å². The number of nitrogens with zero attached hydrogens (tertiary/aromatic N) is 1. The Balaban J connectivity index is 1.43. The second-order valence-corrected chi connectivity index (χ2v) is 6.85. The molecule has 0 atom stereocenters. The van der Waals surface area contributed by atoms with Gasteiger partial charge in [0.05, 0.1) is 24.5 Å². The van der Waals surface area contributed by atoms with Crippen LogP contribution in [0.1, 0.15) is 12.5 Å². The van der Waals surface area contributed by atoms with Gasteiger partial charge in [-0.05, 0) is 55.0 Å². The van der Waals surface area contributed by atoms with Crippen molar-refractivity contribution in [2.45, 2.75) is 6.92 Å². The standard InChI is InChI=1S/C25H23NO5/c1-2-29-24(25(27)28)17-18-11-13-19(14-12-18)30-16-15-26-20-7-3-5-9-22(20)31-23-10-6-4-8-21(23)26/h3-14,17H,2,15-16H2,1H3,(H,27,28)/b24-17+. The van der Waals surface area contributed by atoms with Crippen molar-refractivity contribution in [3.8, 4) is 17.2 Å². The summed E-state index contributed by atoms with van der Waals surface area (Å²) >= 11 is 0. The lowest BCUT2D eigenvalue weighted by atomic mass is 10.1. The van der Waals surface area contributed by atoms with Crippen molar-refractivity contribution in [1.82, 2.24) is 0 Å². The number of para-hydroxylation sites is 4. The van der Waals surface area contributed by atoms with Gasteiger partial charge in [-0.15, -0.1) is 0 Å². The molecule has 0 unspecified atom stereocenters. The van der Waals surface area contributed by atoms with Crippen molar-refractivity contribution in [3.05, 3.63) is 84.1 Å². The summed E-state index contributed by atoms with van der Waals surface area (Å²) in [6.45, 7) is 3.16. The minimum Gasteiger partial charge on any atom is -0.492 e. The zero-order chi connectivity index (χ0) is 21.6. The fraction of sp³-hybridized carbons (Fsp3) is 0.160. The minimum atomic E-state index is -1.09. The third kappa shape index (κ3) is 4.64. The Morgan fingerprint density at radius 2 is 1.58 bits per heavy atom. The van der Waals surface area contributed by atoms with Crippen LogP contribution in [0, 0.1) is 0 Å². The van der Waals surface area contributed by atoms with Crippen molar-refractivity contribution < 1.29 is 24.1 Å². The number of ether oxygens (including phenoxy) is 3. The molecule has 0 spiro atoms. The van der Waals surface area contributed by atoms with Crippen LogP contribution >= 0.6 is 0 Å². The fourth-order valence-electron chi connectivity index (χ4n) is 3.41. The molecule has 0 saturated carbocycles. The van der Waals surface area contributed by atoms with Crippen LogP contribution in [0.15, 0.2) is 78.6 Å². The summed E-state index contributed by atoms with van der Waals surface area (Å²) in [7, 11) is 0. The number of hydrogen-bond donors (Lipinski definition) is 1. The van der Waals surface area contributed by atoms with Crippen LogP contribution in [0.2, 0.25) is 0 Å². The lowest BCUT2D eigenvalue weighted by Crippen LogP contribution is -2.26. The summed E-state index contributed by atoms with van der Waals surface area (Å²) in [5.74, 6) is 1.18. The molecule has 0 aromatic heterocycles. The number of anilines is 2. The van der Waals surface area contributed by atoms with Crippen LogP contribution in [0.25, 0.3) is 6.08 Å². The summed E-state index contributed by atoms with van der Waals surface area (Å²) in [5, 5.41) is 9.17. The van der Waals surface area contributed by atoms with Gasteiger partial charge in [-0.25, -0.2) is 4.79 Å². The molecule has 158 valence electrons. The Morgan fingerprint density at radius 3 is 2.16 bits per heavy atom. The average molecular weight is 417 g/mol. The Kier molecular flexibility index (Phi) is 6.08. The maximum absolute atomic E-state index is 11.2. The maximum atomic E-state index is 11.2. The van der Waals surface area contributed by atoms with Gasteiger partial charge in [-0.3, -0.25) is 0 Å². The molecule has 3 aromatic rings. The molecule has 1 N–H and O–H groups in total.